The van der Waals surface area contributed by atoms with E-state index in [1.165, 1.54) is 11.1 Å². The van der Waals surface area contributed by atoms with E-state index >= 15 is 0 Å². The molecule has 5 rings (SSSR count). The summed E-state index contributed by atoms with van der Waals surface area (Å²) in [6.07, 6.45) is 4.76. The van der Waals surface area contributed by atoms with E-state index in [0.717, 1.165) is 58.9 Å². The molecule has 0 saturated carbocycles. The highest BCUT2D eigenvalue weighted by Crippen LogP contribution is 2.30. The summed E-state index contributed by atoms with van der Waals surface area (Å²) >= 11 is 0. The number of aromatic amines is 1. The summed E-state index contributed by atoms with van der Waals surface area (Å²) < 4.78 is 2.08. The SMILES string of the molecule is CCCc1nc(C)n2cc(NC)nc2c1Cc1ccc(-c2ccccc2-c2nn[nH]n2)cc1. The van der Waals surface area contributed by atoms with Crippen molar-refractivity contribution in [2.75, 3.05) is 12.4 Å². The standard InChI is InChI=1S/C25H26N8/c1-4-7-22-21(25-28-23(26-3)15-33(25)16(2)27-22)14-17-10-12-18(13-11-17)19-8-5-6-9-20(19)24-29-31-32-30-24/h5-6,8-13,15,26H,4,7,14H2,1-3H3,(H,29,30,31,32). The van der Waals surface area contributed by atoms with E-state index in [9.17, 15) is 0 Å². The second-order valence-electron chi connectivity index (χ2n) is 8.06. The van der Waals surface area contributed by atoms with Gasteiger partial charge in [0.05, 0.1) is 6.20 Å². The zero-order chi connectivity index (χ0) is 22.8. The number of tetrazole rings is 1. The van der Waals surface area contributed by atoms with Crippen LogP contribution in [0.4, 0.5) is 5.82 Å². The van der Waals surface area contributed by atoms with Crippen LogP contribution in [0.3, 0.4) is 0 Å². The van der Waals surface area contributed by atoms with Crippen molar-refractivity contribution in [2.45, 2.75) is 33.1 Å². The molecule has 0 spiro atoms. The van der Waals surface area contributed by atoms with Crippen LogP contribution in [0.5, 0.6) is 0 Å². The average Bonchev–Trinajstić information content (AvgIpc) is 3.53. The summed E-state index contributed by atoms with van der Waals surface area (Å²) in [6.45, 7) is 4.22. The Balaban J connectivity index is 1.52. The van der Waals surface area contributed by atoms with Gasteiger partial charge >= 0.3 is 0 Å². The van der Waals surface area contributed by atoms with Crippen LogP contribution in [0.1, 0.15) is 36.0 Å². The molecular formula is C25H26N8. The maximum Gasteiger partial charge on any atom is 0.205 e. The Labute approximate surface area is 192 Å². The molecule has 8 heteroatoms. The number of anilines is 1. The van der Waals surface area contributed by atoms with Crippen LogP contribution in [-0.2, 0) is 12.8 Å². The van der Waals surface area contributed by atoms with Crippen molar-refractivity contribution >= 4 is 11.5 Å². The van der Waals surface area contributed by atoms with E-state index in [1.54, 1.807) is 0 Å². The van der Waals surface area contributed by atoms with Crippen molar-refractivity contribution in [3.8, 4) is 22.5 Å². The van der Waals surface area contributed by atoms with Crippen molar-refractivity contribution in [2.24, 2.45) is 0 Å². The van der Waals surface area contributed by atoms with Crippen LogP contribution in [0.15, 0.2) is 54.7 Å². The molecule has 166 valence electrons. The van der Waals surface area contributed by atoms with Gasteiger partial charge in [0.25, 0.3) is 0 Å². The van der Waals surface area contributed by atoms with Gasteiger partial charge in [-0.3, -0.25) is 4.40 Å². The fourth-order valence-corrected chi connectivity index (χ4v) is 4.24. The third kappa shape index (κ3) is 3.95. The van der Waals surface area contributed by atoms with Gasteiger partial charge in [-0.05, 0) is 35.2 Å². The van der Waals surface area contributed by atoms with E-state index in [2.05, 4.69) is 67.6 Å². The summed E-state index contributed by atoms with van der Waals surface area (Å²) in [4.78, 5) is 9.74. The lowest BCUT2D eigenvalue weighted by Gasteiger charge is -2.13. The number of rotatable bonds is 7. The molecule has 0 unspecified atom stereocenters. The van der Waals surface area contributed by atoms with Crippen LogP contribution in [0, 0.1) is 6.92 Å². The molecule has 0 radical (unpaired) electrons. The van der Waals surface area contributed by atoms with E-state index in [-0.39, 0.29) is 0 Å². The van der Waals surface area contributed by atoms with Crippen LogP contribution in [0.25, 0.3) is 28.2 Å². The molecule has 0 bridgehead atoms. The minimum Gasteiger partial charge on any atom is -0.372 e. The summed E-state index contributed by atoms with van der Waals surface area (Å²) in [7, 11) is 1.89. The van der Waals surface area contributed by atoms with Gasteiger partial charge in [-0.1, -0.05) is 61.9 Å². The van der Waals surface area contributed by atoms with Crippen LogP contribution < -0.4 is 5.32 Å². The lowest BCUT2D eigenvalue weighted by molar-refractivity contribution is 0.826. The summed E-state index contributed by atoms with van der Waals surface area (Å²) in [5, 5.41) is 17.7. The van der Waals surface area contributed by atoms with Crippen molar-refractivity contribution in [1.29, 1.82) is 0 Å². The lowest BCUT2D eigenvalue weighted by Crippen LogP contribution is -2.07. The molecule has 33 heavy (non-hydrogen) atoms. The van der Waals surface area contributed by atoms with Crippen molar-refractivity contribution in [3.05, 3.63) is 77.4 Å². The highest BCUT2D eigenvalue weighted by atomic mass is 15.5. The number of imidazole rings is 1. The smallest absolute Gasteiger partial charge is 0.205 e. The van der Waals surface area contributed by atoms with Gasteiger partial charge < -0.3 is 5.32 Å². The Hall–Kier alpha value is -4.07. The predicted molar refractivity (Wildman–Crippen MR) is 129 cm³/mol. The van der Waals surface area contributed by atoms with Crippen LogP contribution in [0.2, 0.25) is 0 Å². The van der Waals surface area contributed by atoms with Crippen LogP contribution in [-0.4, -0.2) is 42.0 Å². The minimum absolute atomic E-state index is 0.589. The van der Waals surface area contributed by atoms with Crippen molar-refractivity contribution in [3.63, 3.8) is 0 Å². The van der Waals surface area contributed by atoms with Crippen molar-refractivity contribution < 1.29 is 0 Å². The number of H-pyrrole nitrogens is 1. The highest BCUT2D eigenvalue weighted by Gasteiger charge is 2.16. The Morgan fingerprint density at radius 2 is 1.79 bits per heavy atom. The molecule has 8 nitrogen and oxygen atoms in total. The zero-order valence-corrected chi connectivity index (χ0v) is 19.0. The van der Waals surface area contributed by atoms with Gasteiger partial charge in [0.2, 0.25) is 5.82 Å². The normalized spacial score (nSPS) is 11.2. The van der Waals surface area contributed by atoms with Gasteiger partial charge in [-0.2, -0.15) is 5.21 Å². The Kier molecular flexibility index (Phi) is 5.56. The molecule has 5 aromatic rings. The summed E-state index contributed by atoms with van der Waals surface area (Å²) in [6, 6.07) is 16.8. The van der Waals surface area contributed by atoms with Gasteiger partial charge in [-0.15, -0.1) is 10.2 Å². The molecule has 2 aromatic carbocycles. The first-order chi connectivity index (χ1) is 16.2. The summed E-state index contributed by atoms with van der Waals surface area (Å²) in [5.74, 6) is 2.40. The van der Waals surface area contributed by atoms with Gasteiger partial charge in [0, 0.05) is 30.3 Å². The van der Waals surface area contributed by atoms with E-state index in [4.69, 9.17) is 9.97 Å². The number of hydrogen-bond donors (Lipinski definition) is 2. The maximum atomic E-state index is 4.91. The molecule has 0 fully saturated rings. The molecule has 0 amide bonds. The molecule has 3 heterocycles. The first kappa shape index (κ1) is 20.8. The molecule has 0 aliphatic heterocycles. The number of hydrogen-bond acceptors (Lipinski definition) is 6. The molecule has 0 aliphatic carbocycles. The number of aromatic nitrogens is 7. The van der Waals surface area contributed by atoms with Gasteiger partial charge in [0.15, 0.2) is 0 Å². The maximum absolute atomic E-state index is 4.91. The average molecular weight is 439 g/mol. The van der Waals surface area contributed by atoms with E-state index < -0.39 is 0 Å². The zero-order valence-electron chi connectivity index (χ0n) is 19.0. The number of fused-ring (bicyclic) bond motifs is 1. The lowest BCUT2D eigenvalue weighted by atomic mass is 9.96. The molecule has 0 aliphatic rings. The first-order valence-electron chi connectivity index (χ1n) is 11.1. The third-order valence-electron chi connectivity index (χ3n) is 5.87. The molecule has 3 aromatic heterocycles. The van der Waals surface area contributed by atoms with Gasteiger partial charge in [0.1, 0.15) is 17.3 Å². The second-order valence-corrected chi connectivity index (χ2v) is 8.06. The Morgan fingerprint density at radius 1 is 1.00 bits per heavy atom. The topological polar surface area (TPSA) is 96.7 Å². The van der Waals surface area contributed by atoms with Crippen LogP contribution >= 0.6 is 0 Å². The highest BCUT2D eigenvalue weighted by molar-refractivity contribution is 5.80. The monoisotopic (exact) mass is 438 g/mol. The molecule has 0 atom stereocenters. The number of benzene rings is 2. The quantitative estimate of drug-likeness (QED) is 0.389. The Morgan fingerprint density at radius 3 is 2.48 bits per heavy atom. The Bertz CT molecular complexity index is 1380. The molecule has 2 N–H and O–H groups in total. The summed E-state index contributed by atoms with van der Waals surface area (Å²) in [5.41, 5.74) is 7.63. The predicted octanol–water partition coefficient (Wildman–Crippen LogP) is 4.47. The number of nitrogens with one attached hydrogen (secondary N) is 2. The van der Waals surface area contributed by atoms with Crippen molar-refractivity contribution in [1.82, 2.24) is 35.0 Å². The minimum atomic E-state index is 0.589. The van der Waals surface area contributed by atoms with E-state index in [0.29, 0.717) is 5.82 Å². The molecule has 0 saturated heterocycles. The number of nitrogens with zero attached hydrogens (tertiary/aromatic N) is 6. The first-order valence-corrected chi connectivity index (χ1v) is 11.1. The third-order valence-corrected chi connectivity index (χ3v) is 5.87. The molecular weight excluding hydrogens is 412 g/mol. The second kappa shape index (κ2) is 8.82. The van der Waals surface area contributed by atoms with Gasteiger partial charge in [-0.25, -0.2) is 9.97 Å². The van der Waals surface area contributed by atoms with E-state index in [1.807, 2.05) is 38.4 Å². The number of aryl methyl sites for hydroxylation is 2. The fraction of sp³-hybridized carbons (Fsp3) is 0.240. The fourth-order valence-electron chi connectivity index (χ4n) is 4.24. The largest absolute Gasteiger partial charge is 0.372 e.